The molecule has 0 aliphatic heterocycles. The van der Waals surface area contributed by atoms with E-state index in [1.165, 1.54) is 0 Å². The van der Waals surface area contributed by atoms with Crippen LogP contribution in [0.5, 0.6) is 0 Å². The Balaban J connectivity index is 2.42. The average molecular weight is 252 g/mol. The molecular formula is C10H13Sn. The van der Waals surface area contributed by atoms with Gasteiger partial charge in [0.25, 0.3) is 0 Å². The van der Waals surface area contributed by atoms with Gasteiger partial charge in [-0.15, -0.1) is 0 Å². The van der Waals surface area contributed by atoms with Crippen LogP contribution in [0.25, 0.3) is 0 Å². The van der Waals surface area contributed by atoms with E-state index in [2.05, 4.69) is 37.5 Å². The minimum absolute atomic E-state index is 1.16. The summed E-state index contributed by atoms with van der Waals surface area (Å²) < 4.78 is 3.38. The van der Waals surface area contributed by atoms with Crippen LogP contribution >= 0.6 is 0 Å². The molecule has 1 aliphatic carbocycles. The van der Waals surface area contributed by atoms with E-state index in [-0.39, 0.29) is 0 Å². The molecule has 0 aromatic rings. The van der Waals surface area contributed by atoms with Crippen molar-refractivity contribution >= 4 is 18.4 Å². The number of hydrogen-bond donors (Lipinski definition) is 0. The fourth-order valence-corrected chi connectivity index (χ4v) is 2.20. The molecule has 0 aromatic heterocycles. The number of hydrogen-bond acceptors (Lipinski definition) is 0. The van der Waals surface area contributed by atoms with E-state index in [1.54, 1.807) is 0 Å². The molecule has 0 unspecified atom stereocenters. The van der Waals surface area contributed by atoms with Gasteiger partial charge in [0.15, 0.2) is 0 Å². The molecule has 11 heavy (non-hydrogen) atoms. The van der Waals surface area contributed by atoms with Gasteiger partial charge >= 0.3 is 74.7 Å². The second kappa shape index (κ2) is 3.85. The topological polar surface area (TPSA) is 0 Å². The SMILES string of the molecule is [CH3][Sn]([CH3])([CH3])[C]#C[C]1[CH][CH][CH][CH]1. The first-order valence-corrected chi connectivity index (χ1v) is 13.8. The summed E-state index contributed by atoms with van der Waals surface area (Å²) in [5.74, 6) is 4.37. The molecule has 1 rings (SSSR count). The van der Waals surface area contributed by atoms with Crippen LogP contribution < -0.4 is 0 Å². The van der Waals surface area contributed by atoms with Crippen LogP contribution in [0.2, 0.25) is 14.8 Å². The average Bonchev–Trinajstić information content (AvgIpc) is 2.32. The van der Waals surface area contributed by atoms with Crippen molar-refractivity contribution in [3.8, 4) is 9.86 Å². The van der Waals surface area contributed by atoms with Crippen molar-refractivity contribution in [1.29, 1.82) is 0 Å². The van der Waals surface area contributed by atoms with Crippen LogP contribution in [0, 0.1) is 41.5 Å². The van der Waals surface area contributed by atoms with E-state index in [4.69, 9.17) is 0 Å². The van der Waals surface area contributed by atoms with Crippen molar-refractivity contribution in [2.45, 2.75) is 14.8 Å². The van der Waals surface area contributed by atoms with E-state index in [1.807, 2.05) is 12.8 Å². The zero-order chi connectivity index (χ0) is 8.32. The van der Waals surface area contributed by atoms with Crippen LogP contribution in [0.1, 0.15) is 0 Å². The molecule has 0 nitrogen and oxygen atoms in total. The molecule has 1 heteroatoms. The molecule has 5 radical (unpaired) electrons. The Hall–Kier alpha value is 0.359. The van der Waals surface area contributed by atoms with Crippen molar-refractivity contribution in [2.24, 2.45) is 0 Å². The molecule has 0 saturated heterocycles. The first-order chi connectivity index (χ1) is 5.08. The molecule has 1 fully saturated rings. The van der Waals surface area contributed by atoms with E-state index in [0.717, 1.165) is 5.92 Å². The second-order valence-electron chi connectivity index (χ2n) is 3.67. The van der Waals surface area contributed by atoms with E-state index < -0.39 is 18.4 Å². The van der Waals surface area contributed by atoms with Gasteiger partial charge in [0.2, 0.25) is 0 Å². The van der Waals surface area contributed by atoms with E-state index in [0.29, 0.717) is 0 Å². The van der Waals surface area contributed by atoms with Gasteiger partial charge in [-0.3, -0.25) is 0 Å². The predicted molar refractivity (Wildman–Crippen MR) is 51.6 cm³/mol. The molecule has 0 aromatic carbocycles. The Labute approximate surface area is 74.6 Å². The zero-order valence-electron chi connectivity index (χ0n) is 7.31. The van der Waals surface area contributed by atoms with Gasteiger partial charge in [0.05, 0.1) is 0 Å². The van der Waals surface area contributed by atoms with Crippen LogP contribution in [0.4, 0.5) is 0 Å². The molecule has 0 bridgehead atoms. The molecule has 1 saturated carbocycles. The summed E-state index contributed by atoms with van der Waals surface area (Å²) in [5, 5.41) is 0. The second-order valence-corrected chi connectivity index (χ2v) is 17.2. The molecule has 0 amide bonds. The third kappa shape index (κ3) is 4.06. The minimum atomic E-state index is -1.83. The fraction of sp³-hybridized carbons (Fsp3) is 0.300. The quantitative estimate of drug-likeness (QED) is 0.458. The molecule has 0 atom stereocenters. The van der Waals surface area contributed by atoms with Crippen LogP contribution in [-0.2, 0) is 0 Å². The standard InChI is InChI=1S/C7H4.3CH3.Sn/c1-2-7-5-3-4-6-7;;;;/h3-6H;3*1H3;. The Morgan fingerprint density at radius 3 is 2.09 bits per heavy atom. The Bertz CT molecular complexity index is 171. The Kier molecular flexibility index (Phi) is 3.30. The van der Waals surface area contributed by atoms with Crippen molar-refractivity contribution in [3.05, 3.63) is 31.6 Å². The first kappa shape index (κ1) is 9.45. The van der Waals surface area contributed by atoms with Gasteiger partial charge in [-0.2, -0.15) is 0 Å². The normalized spacial score (nSPS) is 19.5. The fourth-order valence-electron chi connectivity index (χ4n) is 0.717. The van der Waals surface area contributed by atoms with Crippen molar-refractivity contribution in [2.75, 3.05) is 0 Å². The molecule has 0 N–H and O–H groups in total. The van der Waals surface area contributed by atoms with Crippen LogP contribution in [0.3, 0.4) is 0 Å². The van der Waals surface area contributed by atoms with Gasteiger partial charge in [0, 0.05) is 0 Å². The maximum atomic E-state index is 3.38. The van der Waals surface area contributed by atoms with Crippen LogP contribution in [-0.4, -0.2) is 18.4 Å². The van der Waals surface area contributed by atoms with Crippen molar-refractivity contribution in [1.82, 2.24) is 0 Å². The summed E-state index contributed by atoms with van der Waals surface area (Å²) in [6.45, 7) is 0. The molecule has 0 heterocycles. The third-order valence-corrected chi connectivity index (χ3v) is 3.74. The molecule has 0 spiro atoms. The zero-order valence-corrected chi connectivity index (χ0v) is 10.2. The number of rotatable bonds is 0. The molecule has 1 aliphatic rings. The monoisotopic (exact) mass is 253 g/mol. The van der Waals surface area contributed by atoms with Crippen molar-refractivity contribution in [3.63, 3.8) is 0 Å². The molecular weight excluding hydrogens is 239 g/mol. The summed E-state index contributed by atoms with van der Waals surface area (Å²) in [7, 11) is 0. The summed E-state index contributed by atoms with van der Waals surface area (Å²) in [5.41, 5.74) is 0. The summed E-state index contributed by atoms with van der Waals surface area (Å²) in [6.07, 6.45) is 8.18. The molecule has 57 valence electrons. The summed E-state index contributed by atoms with van der Waals surface area (Å²) in [6, 6.07) is 0. The van der Waals surface area contributed by atoms with Crippen molar-refractivity contribution < 1.29 is 0 Å². The summed E-state index contributed by atoms with van der Waals surface area (Å²) >= 11 is -1.83. The van der Waals surface area contributed by atoms with Gasteiger partial charge in [0.1, 0.15) is 0 Å². The Morgan fingerprint density at radius 1 is 1.09 bits per heavy atom. The summed E-state index contributed by atoms with van der Waals surface area (Å²) in [4.78, 5) is 6.97. The predicted octanol–water partition coefficient (Wildman–Crippen LogP) is 2.27. The van der Waals surface area contributed by atoms with Gasteiger partial charge < -0.3 is 0 Å². The van der Waals surface area contributed by atoms with E-state index in [9.17, 15) is 0 Å². The van der Waals surface area contributed by atoms with Crippen LogP contribution in [0.15, 0.2) is 0 Å². The first-order valence-electron chi connectivity index (χ1n) is 3.83. The van der Waals surface area contributed by atoms with Gasteiger partial charge in [-0.1, -0.05) is 0 Å². The maximum absolute atomic E-state index is 3.38. The van der Waals surface area contributed by atoms with Gasteiger partial charge in [-0.25, -0.2) is 0 Å². The third-order valence-electron chi connectivity index (χ3n) is 1.24. The van der Waals surface area contributed by atoms with Gasteiger partial charge in [-0.05, 0) is 0 Å². The Morgan fingerprint density at radius 2 is 1.64 bits per heavy atom. The van der Waals surface area contributed by atoms with E-state index >= 15 is 0 Å².